The molecule has 0 saturated carbocycles. The third-order valence-corrected chi connectivity index (χ3v) is 4.92. The Kier molecular flexibility index (Phi) is 27.3. The molecule has 0 aromatic heterocycles. The summed E-state index contributed by atoms with van der Waals surface area (Å²) >= 11 is 0.107. The van der Waals surface area contributed by atoms with Crippen molar-refractivity contribution in [3.05, 3.63) is 0 Å². The fraction of sp³-hybridized carbons (Fsp3) is 1.00. The van der Waals surface area contributed by atoms with E-state index in [2.05, 4.69) is 11.9 Å². The Morgan fingerprint density at radius 1 is 0.947 bits per heavy atom. The van der Waals surface area contributed by atoms with Crippen molar-refractivity contribution in [2.45, 2.75) is 94.3 Å². The number of rotatable bonds is 7. The Bertz CT molecular complexity index is 134. The third kappa shape index (κ3) is 45.6. The number of unbranched alkanes of at least 4 members (excludes halogenated alkanes) is 1. The van der Waals surface area contributed by atoms with Crippen LogP contribution < -0.4 is 15.9 Å². The molecule has 0 radical (unpaired) electrons. The monoisotopic (exact) mass is 381 g/mol. The first-order chi connectivity index (χ1) is 8.81. The van der Waals surface area contributed by atoms with Crippen LogP contribution in [0.4, 0.5) is 0 Å². The minimum atomic E-state index is -0.366. The van der Waals surface area contributed by atoms with Crippen molar-refractivity contribution in [1.82, 2.24) is 0 Å². The van der Waals surface area contributed by atoms with Crippen LogP contribution >= 0.6 is 0 Å². The van der Waals surface area contributed by atoms with Crippen LogP contribution in [-0.2, 0) is 0 Å². The predicted molar refractivity (Wildman–Crippen MR) is 83.4 cm³/mol. The molecule has 19 heavy (non-hydrogen) atoms. The second-order valence-electron chi connectivity index (χ2n) is 5.01. The number of nitrogens with two attached hydrogens (primary N) is 1. The fourth-order valence-corrected chi connectivity index (χ4v) is 2.49. The number of hydrogen-bond donors (Lipinski definition) is 1. The molecule has 0 spiro atoms. The summed E-state index contributed by atoms with van der Waals surface area (Å²) in [7, 11) is 0. The summed E-state index contributed by atoms with van der Waals surface area (Å²) in [6.07, 6.45) is 4.78. The molecule has 0 fully saturated rings. The van der Waals surface area contributed by atoms with Gasteiger partial charge in [0, 0.05) is 0 Å². The summed E-state index contributed by atoms with van der Waals surface area (Å²) in [4.78, 5) is 2.40. The summed E-state index contributed by atoms with van der Waals surface area (Å²) in [6, 6.07) is 0.423. The van der Waals surface area contributed by atoms with Gasteiger partial charge < -0.3 is 10.2 Å². The normalized spacial score (nSPS) is 13.9. The van der Waals surface area contributed by atoms with Crippen molar-refractivity contribution in [3.8, 4) is 0 Å². The SMILES string of the molecule is CCC(C)[O-].CCC(C)[O-].[CH3][Sn+2][CH2]CCCC(C)N. The van der Waals surface area contributed by atoms with Crippen LogP contribution in [0, 0.1) is 0 Å². The molecular weight excluding hydrogens is 345 g/mol. The van der Waals surface area contributed by atoms with Gasteiger partial charge in [-0.15, -0.1) is 12.2 Å². The Balaban J connectivity index is -0.000000219. The number of hydrogen-bond acceptors (Lipinski definition) is 3. The average molecular weight is 380 g/mol. The zero-order valence-electron chi connectivity index (χ0n) is 13.9. The quantitative estimate of drug-likeness (QED) is 0.542. The standard InChI is InChI=1S/C6H14N.2C4H9O.CH3.Sn/c1-3-4-5-6(2)7;2*1-3-4(2)5;;/h6H,1,3-5,7H2,2H3;2*4H,3H2,1-2H3;1H3;/q;2*-1;;+2. The molecular formula is C15H35NO2Sn. The van der Waals surface area contributed by atoms with Gasteiger partial charge in [0.1, 0.15) is 0 Å². The molecule has 0 heterocycles. The molecule has 0 rings (SSSR count). The van der Waals surface area contributed by atoms with Crippen LogP contribution in [0.5, 0.6) is 0 Å². The summed E-state index contributed by atoms with van der Waals surface area (Å²) < 4.78 is 1.54. The van der Waals surface area contributed by atoms with Gasteiger partial charge in [0.2, 0.25) is 0 Å². The Morgan fingerprint density at radius 2 is 1.32 bits per heavy atom. The van der Waals surface area contributed by atoms with Crippen molar-refractivity contribution in [2.24, 2.45) is 5.73 Å². The predicted octanol–water partition coefficient (Wildman–Crippen LogP) is 1.96. The first-order valence-electron chi connectivity index (χ1n) is 7.53. The third-order valence-electron chi connectivity index (χ3n) is 2.49. The zero-order valence-corrected chi connectivity index (χ0v) is 16.7. The van der Waals surface area contributed by atoms with Crippen LogP contribution in [0.2, 0.25) is 9.38 Å². The van der Waals surface area contributed by atoms with E-state index < -0.39 is 0 Å². The van der Waals surface area contributed by atoms with Crippen LogP contribution in [0.3, 0.4) is 0 Å². The molecule has 3 unspecified atom stereocenters. The van der Waals surface area contributed by atoms with Crippen molar-refractivity contribution in [3.63, 3.8) is 0 Å². The molecule has 0 aromatic carbocycles. The van der Waals surface area contributed by atoms with Gasteiger partial charge in [-0.2, -0.15) is 0 Å². The van der Waals surface area contributed by atoms with Gasteiger partial charge in [-0.3, -0.25) is 0 Å². The van der Waals surface area contributed by atoms with E-state index in [0.29, 0.717) is 6.04 Å². The zero-order chi connectivity index (χ0) is 15.7. The topological polar surface area (TPSA) is 72.1 Å². The summed E-state index contributed by atoms with van der Waals surface area (Å²) in [5, 5.41) is 19.8. The van der Waals surface area contributed by atoms with E-state index in [1.165, 1.54) is 23.7 Å². The maximum absolute atomic E-state index is 9.90. The summed E-state index contributed by atoms with van der Waals surface area (Å²) in [6.45, 7) is 9.20. The Labute approximate surface area is 131 Å². The van der Waals surface area contributed by atoms with Crippen LogP contribution in [0.15, 0.2) is 0 Å². The van der Waals surface area contributed by atoms with Crippen molar-refractivity contribution in [1.29, 1.82) is 0 Å². The molecule has 0 saturated heterocycles. The van der Waals surface area contributed by atoms with Gasteiger partial charge in [-0.25, -0.2) is 0 Å². The molecule has 0 aliphatic heterocycles. The van der Waals surface area contributed by atoms with Crippen LogP contribution in [0.1, 0.15) is 66.7 Å². The van der Waals surface area contributed by atoms with Crippen molar-refractivity contribution < 1.29 is 10.2 Å². The summed E-state index contributed by atoms with van der Waals surface area (Å²) in [5.41, 5.74) is 5.59. The van der Waals surface area contributed by atoms with E-state index in [1.807, 2.05) is 13.8 Å². The molecule has 0 aliphatic carbocycles. The second-order valence-corrected chi connectivity index (χ2v) is 8.46. The first kappa shape index (κ1) is 24.7. The van der Waals surface area contributed by atoms with E-state index >= 15 is 0 Å². The Morgan fingerprint density at radius 3 is 1.53 bits per heavy atom. The van der Waals surface area contributed by atoms with Gasteiger partial charge in [0.05, 0.1) is 0 Å². The van der Waals surface area contributed by atoms with Crippen LogP contribution in [-0.4, -0.2) is 39.4 Å². The van der Waals surface area contributed by atoms with Gasteiger partial charge in [0.15, 0.2) is 0 Å². The van der Waals surface area contributed by atoms with E-state index in [9.17, 15) is 10.2 Å². The van der Waals surface area contributed by atoms with Crippen LogP contribution in [0.25, 0.3) is 0 Å². The van der Waals surface area contributed by atoms with E-state index in [0.717, 1.165) is 12.8 Å². The summed E-state index contributed by atoms with van der Waals surface area (Å²) in [5.74, 6) is 0. The molecule has 0 aromatic rings. The van der Waals surface area contributed by atoms with E-state index in [1.54, 1.807) is 13.8 Å². The minimum absolute atomic E-state index is 0.107. The molecule has 4 heteroatoms. The average Bonchev–Trinajstić information content (AvgIpc) is 2.35. The molecule has 116 valence electrons. The molecule has 2 N–H and O–H groups in total. The molecule has 3 atom stereocenters. The Hall–Kier alpha value is 0.679. The molecule has 3 nitrogen and oxygen atoms in total. The first-order valence-corrected chi connectivity index (χ1v) is 12.4. The van der Waals surface area contributed by atoms with Crippen molar-refractivity contribution in [2.75, 3.05) is 0 Å². The van der Waals surface area contributed by atoms with Gasteiger partial charge in [-0.05, 0) is 0 Å². The van der Waals surface area contributed by atoms with Gasteiger partial charge in [-0.1, -0.05) is 40.5 Å². The molecule has 0 amide bonds. The fourth-order valence-electron chi connectivity index (χ4n) is 0.768. The van der Waals surface area contributed by atoms with Gasteiger partial charge in [0.25, 0.3) is 0 Å². The maximum atomic E-state index is 9.90. The molecule has 0 bridgehead atoms. The van der Waals surface area contributed by atoms with Gasteiger partial charge >= 0.3 is 68.5 Å². The molecule has 0 aliphatic rings. The van der Waals surface area contributed by atoms with Crippen molar-refractivity contribution >= 4 is 21.1 Å². The van der Waals surface area contributed by atoms with E-state index in [4.69, 9.17) is 5.73 Å². The second kappa shape index (κ2) is 21.0. The van der Waals surface area contributed by atoms with E-state index in [-0.39, 0.29) is 33.4 Å².